The van der Waals surface area contributed by atoms with Crippen molar-refractivity contribution in [2.24, 2.45) is 5.73 Å². The van der Waals surface area contributed by atoms with Gasteiger partial charge in [-0.1, -0.05) is 0 Å². The van der Waals surface area contributed by atoms with Crippen molar-refractivity contribution in [3.8, 4) is 0 Å². The number of hydrogen-bond donors (Lipinski definition) is 2. The number of hydrogen-bond acceptors (Lipinski definition) is 4. The van der Waals surface area contributed by atoms with Crippen LogP contribution in [0.4, 0.5) is 0 Å². The van der Waals surface area contributed by atoms with E-state index in [0.29, 0.717) is 18.9 Å². The summed E-state index contributed by atoms with van der Waals surface area (Å²) in [5.41, 5.74) is 5.85. The molecule has 0 bridgehead atoms. The van der Waals surface area contributed by atoms with Crippen LogP contribution in [-0.2, 0) is 14.9 Å². The molecule has 2 saturated carbocycles. The summed E-state index contributed by atoms with van der Waals surface area (Å²) in [5.74, 6) is 0. The topological polar surface area (TPSA) is 89.6 Å². The van der Waals surface area contributed by atoms with Gasteiger partial charge < -0.3 is 10.5 Å². The Balaban J connectivity index is 1.74. The average Bonchev–Trinajstić information content (AvgIpc) is 2.32. The third kappa shape index (κ3) is 3.91. The van der Waals surface area contributed by atoms with E-state index in [1.54, 1.807) is 0 Å². The molecular weight excluding hydrogens is 254 g/mol. The number of rotatable bonds is 3. The zero-order valence-electron chi connectivity index (χ0n) is 10.6. The van der Waals surface area contributed by atoms with Crippen LogP contribution < -0.4 is 5.73 Å². The van der Waals surface area contributed by atoms with Crippen LogP contribution in [0.3, 0.4) is 0 Å². The van der Waals surface area contributed by atoms with Gasteiger partial charge in [0.2, 0.25) is 0 Å². The predicted molar refractivity (Wildman–Crippen MR) is 68.9 cm³/mol. The summed E-state index contributed by atoms with van der Waals surface area (Å²) in [5, 5.41) is -0.586. The summed E-state index contributed by atoms with van der Waals surface area (Å²) >= 11 is 0. The van der Waals surface area contributed by atoms with Crippen molar-refractivity contribution >= 4 is 10.1 Å². The van der Waals surface area contributed by atoms with Gasteiger partial charge in [0.05, 0.1) is 17.5 Å². The van der Waals surface area contributed by atoms with Crippen molar-refractivity contribution in [2.75, 3.05) is 0 Å². The second-order valence-electron chi connectivity index (χ2n) is 5.59. The fourth-order valence-electron chi connectivity index (χ4n) is 2.96. The molecule has 0 aliphatic heterocycles. The lowest BCUT2D eigenvalue weighted by Crippen LogP contribution is -2.35. The maximum atomic E-state index is 11.0. The van der Waals surface area contributed by atoms with Crippen LogP contribution in [-0.4, -0.2) is 36.5 Å². The van der Waals surface area contributed by atoms with Gasteiger partial charge in [0.1, 0.15) is 0 Å². The van der Waals surface area contributed by atoms with Crippen LogP contribution in [0.25, 0.3) is 0 Å². The molecule has 0 aromatic rings. The van der Waals surface area contributed by atoms with Crippen molar-refractivity contribution in [2.45, 2.75) is 74.9 Å². The second kappa shape index (κ2) is 5.86. The van der Waals surface area contributed by atoms with E-state index in [-0.39, 0.29) is 12.2 Å². The van der Waals surface area contributed by atoms with Crippen molar-refractivity contribution in [1.29, 1.82) is 0 Å². The normalized spacial score (nSPS) is 38.6. The van der Waals surface area contributed by atoms with Crippen LogP contribution in [0, 0.1) is 0 Å². The smallest absolute Gasteiger partial charge is 0.267 e. The van der Waals surface area contributed by atoms with E-state index in [4.69, 9.17) is 15.0 Å². The SMILES string of the molecule is NC1CCC(OC2CCC(S(=O)(=O)O)CC2)CC1. The molecule has 0 aromatic heterocycles. The van der Waals surface area contributed by atoms with E-state index in [1.165, 1.54) is 0 Å². The highest BCUT2D eigenvalue weighted by Gasteiger charge is 2.31. The summed E-state index contributed by atoms with van der Waals surface area (Å²) in [6.07, 6.45) is 6.99. The van der Waals surface area contributed by atoms with Gasteiger partial charge >= 0.3 is 0 Å². The molecular formula is C12H23NO4S. The van der Waals surface area contributed by atoms with Gasteiger partial charge in [-0.05, 0) is 51.4 Å². The van der Waals surface area contributed by atoms with Crippen LogP contribution in [0.5, 0.6) is 0 Å². The highest BCUT2D eigenvalue weighted by atomic mass is 32.2. The average molecular weight is 277 g/mol. The summed E-state index contributed by atoms with van der Waals surface area (Å²) in [6.45, 7) is 0. The van der Waals surface area contributed by atoms with Crippen LogP contribution in [0.1, 0.15) is 51.4 Å². The van der Waals surface area contributed by atoms with Gasteiger partial charge in [-0.25, -0.2) is 0 Å². The molecule has 0 aromatic carbocycles. The summed E-state index contributed by atoms with van der Waals surface area (Å²) in [7, 11) is -3.86. The minimum Gasteiger partial charge on any atom is -0.375 e. The summed E-state index contributed by atoms with van der Waals surface area (Å²) in [6, 6.07) is 0.320. The molecule has 2 aliphatic rings. The Morgan fingerprint density at radius 2 is 1.33 bits per heavy atom. The van der Waals surface area contributed by atoms with Crippen LogP contribution in [0.2, 0.25) is 0 Å². The van der Waals surface area contributed by atoms with E-state index in [9.17, 15) is 8.42 Å². The quantitative estimate of drug-likeness (QED) is 0.762. The molecule has 2 fully saturated rings. The van der Waals surface area contributed by atoms with Crippen molar-refractivity contribution in [3.63, 3.8) is 0 Å². The Hall–Kier alpha value is -0.170. The molecule has 0 amide bonds. The Morgan fingerprint density at radius 1 is 0.889 bits per heavy atom. The van der Waals surface area contributed by atoms with Gasteiger partial charge in [-0.2, -0.15) is 8.42 Å². The van der Waals surface area contributed by atoms with Crippen LogP contribution >= 0.6 is 0 Å². The van der Waals surface area contributed by atoms with E-state index in [0.717, 1.165) is 38.5 Å². The molecule has 6 heteroatoms. The Morgan fingerprint density at radius 3 is 1.78 bits per heavy atom. The van der Waals surface area contributed by atoms with Crippen molar-refractivity contribution in [1.82, 2.24) is 0 Å². The first kappa shape index (κ1) is 14.2. The van der Waals surface area contributed by atoms with E-state index in [2.05, 4.69) is 0 Å². The van der Waals surface area contributed by atoms with Gasteiger partial charge in [-0.3, -0.25) is 4.55 Å². The van der Waals surface area contributed by atoms with E-state index >= 15 is 0 Å². The zero-order chi connectivity index (χ0) is 13.2. The monoisotopic (exact) mass is 277 g/mol. The molecule has 18 heavy (non-hydrogen) atoms. The molecule has 5 nitrogen and oxygen atoms in total. The Kier molecular flexibility index (Phi) is 4.64. The minimum atomic E-state index is -3.86. The predicted octanol–water partition coefficient (Wildman–Crippen LogP) is 1.47. The number of ether oxygens (including phenoxy) is 1. The second-order valence-corrected chi connectivity index (χ2v) is 7.28. The molecule has 0 spiro atoms. The first-order valence-corrected chi connectivity index (χ1v) is 8.33. The highest BCUT2D eigenvalue weighted by Crippen LogP contribution is 2.29. The van der Waals surface area contributed by atoms with E-state index < -0.39 is 15.4 Å². The first-order chi connectivity index (χ1) is 8.45. The molecule has 0 unspecified atom stereocenters. The number of nitrogens with two attached hydrogens (primary N) is 1. The Labute approximate surface area is 109 Å². The fraction of sp³-hybridized carbons (Fsp3) is 1.00. The largest absolute Gasteiger partial charge is 0.375 e. The molecule has 2 rings (SSSR count). The lowest BCUT2D eigenvalue weighted by molar-refractivity contribution is -0.0465. The van der Waals surface area contributed by atoms with Crippen molar-refractivity contribution in [3.05, 3.63) is 0 Å². The molecule has 0 atom stereocenters. The third-order valence-corrected chi connectivity index (χ3v) is 5.46. The summed E-state index contributed by atoms with van der Waals surface area (Å²) < 4.78 is 37.0. The van der Waals surface area contributed by atoms with Gasteiger partial charge in [0.15, 0.2) is 0 Å². The maximum Gasteiger partial charge on any atom is 0.267 e. The highest BCUT2D eigenvalue weighted by molar-refractivity contribution is 7.86. The molecule has 3 N–H and O–H groups in total. The molecule has 106 valence electrons. The lowest BCUT2D eigenvalue weighted by atomic mass is 9.92. The van der Waals surface area contributed by atoms with Crippen LogP contribution in [0.15, 0.2) is 0 Å². The zero-order valence-corrected chi connectivity index (χ0v) is 11.4. The standard InChI is InChI=1S/C12H23NO4S/c13-9-1-3-10(4-2-9)17-11-5-7-12(8-6-11)18(14,15)16/h9-12H,1-8,13H2,(H,14,15,16). The van der Waals surface area contributed by atoms with Gasteiger partial charge in [0.25, 0.3) is 10.1 Å². The van der Waals surface area contributed by atoms with E-state index in [1.807, 2.05) is 0 Å². The maximum absolute atomic E-state index is 11.0. The molecule has 0 saturated heterocycles. The van der Waals surface area contributed by atoms with Crippen molar-refractivity contribution < 1.29 is 17.7 Å². The van der Waals surface area contributed by atoms with Gasteiger partial charge in [-0.15, -0.1) is 0 Å². The lowest BCUT2D eigenvalue weighted by Gasteiger charge is -2.33. The fourth-order valence-corrected chi connectivity index (χ4v) is 3.83. The first-order valence-electron chi connectivity index (χ1n) is 6.82. The van der Waals surface area contributed by atoms with Gasteiger partial charge in [0, 0.05) is 6.04 Å². The molecule has 0 heterocycles. The Bertz CT molecular complexity index is 354. The minimum absolute atomic E-state index is 0.155. The summed E-state index contributed by atoms with van der Waals surface area (Å²) in [4.78, 5) is 0. The third-order valence-electron chi connectivity index (χ3n) is 4.15. The molecule has 2 aliphatic carbocycles. The molecule has 0 radical (unpaired) electrons.